The van der Waals surface area contributed by atoms with Crippen LogP contribution in [0, 0.1) is 5.21 Å². The summed E-state index contributed by atoms with van der Waals surface area (Å²) in [6.45, 7) is 4.24. The molecule has 0 aliphatic heterocycles. The van der Waals surface area contributed by atoms with Crippen molar-refractivity contribution in [2.24, 2.45) is 5.10 Å². The molecule has 0 unspecified atom stereocenters. The van der Waals surface area contributed by atoms with Crippen molar-refractivity contribution in [1.29, 1.82) is 0 Å². The van der Waals surface area contributed by atoms with E-state index in [-0.39, 0.29) is 18.2 Å². The number of aromatic nitrogens is 1. The first-order valence-electron chi connectivity index (χ1n) is 5.68. The molecule has 0 bridgehead atoms. The first-order chi connectivity index (χ1) is 8.65. The predicted molar refractivity (Wildman–Crippen MR) is 67.8 cm³/mol. The van der Waals surface area contributed by atoms with Gasteiger partial charge in [-0.1, -0.05) is 0 Å². The summed E-state index contributed by atoms with van der Waals surface area (Å²) in [5.41, 5.74) is 1.22. The molecule has 0 saturated carbocycles. The average molecular weight is 250 g/mol. The lowest BCUT2D eigenvalue weighted by Crippen LogP contribution is -2.22. The standard InChI is InChI=1S/C12H16N3O3/c1-3-18-9-6-12(16)15(17)14-10(2)11-4-7-13-8-5-11/h4-5,7-8H,3,6,9H2,1-2H3/q-1. The van der Waals surface area contributed by atoms with E-state index in [9.17, 15) is 10.0 Å². The number of hydrazone groups is 1. The Morgan fingerprint density at radius 2 is 2.17 bits per heavy atom. The minimum atomic E-state index is -0.614. The molecule has 98 valence electrons. The van der Waals surface area contributed by atoms with Crippen LogP contribution in [0.1, 0.15) is 25.8 Å². The Kier molecular flexibility index (Phi) is 5.96. The summed E-state index contributed by atoms with van der Waals surface area (Å²) >= 11 is 0. The zero-order chi connectivity index (χ0) is 13.4. The van der Waals surface area contributed by atoms with E-state index in [2.05, 4.69) is 10.1 Å². The van der Waals surface area contributed by atoms with Gasteiger partial charge in [0.15, 0.2) is 0 Å². The van der Waals surface area contributed by atoms with Gasteiger partial charge >= 0.3 is 0 Å². The molecule has 0 spiro atoms. The minimum Gasteiger partial charge on any atom is -0.735 e. The number of pyridine rings is 1. The van der Waals surface area contributed by atoms with Crippen molar-refractivity contribution in [3.8, 4) is 0 Å². The molecule has 0 N–H and O–H groups in total. The van der Waals surface area contributed by atoms with E-state index in [0.717, 1.165) is 5.56 Å². The lowest BCUT2D eigenvalue weighted by Gasteiger charge is -2.22. The number of hydrogen-bond acceptors (Lipinski definition) is 5. The molecule has 18 heavy (non-hydrogen) atoms. The monoisotopic (exact) mass is 250 g/mol. The molecule has 1 heterocycles. The van der Waals surface area contributed by atoms with Crippen molar-refractivity contribution < 1.29 is 9.53 Å². The largest absolute Gasteiger partial charge is 0.735 e. The molecule has 0 saturated heterocycles. The van der Waals surface area contributed by atoms with Gasteiger partial charge in [0.05, 0.1) is 18.7 Å². The molecule has 6 nitrogen and oxygen atoms in total. The van der Waals surface area contributed by atoms with E-state index in [4.69, 9.17) is 4.74 Å². The van der Waals surface area contributed by atoms with Crippen molar-refractivity contribution in [1.82, 2.24) is 10.2 Å². The number of hydroxylamine groups is 1. The van der Waals surface area contributed by atoms with Crippen LogP contribution in [0.4, 0.5) is 0 Å². The fourth-order valence-electron chi connectivity index (χ4n) is 1.24. The van der Waals surface area contributed by atoms with Gasteiger partial charge in [-0.3, -0.25) is 9.78 Å². The second kappa shape index (κ2) is 7.52. The molecule has 0 radical (unpaired) electrons. The Morgan fingerprint density at radius 3 is 2.78 bits per heavy atom. The molecular formula is C12H16N3O3-. The summed E-state index contributed by atoms with van der Waals surface area (Å²) in [7, 11) is 0. The third-order valence-electron chi connectivity index (χ3n) is 2.22. The summed E-state index contributed by atoms with van der Waals surface area (Å²) in [4.78, 5) is 15.3. The Balaban J connectivity index is 2.57. The number of amides is 1. The van der Waals surface area contributed by atoms with E-state index in [1.807, 2.05) is 6.92 Å². The molecule has 1 amide bonds. The number of nitrogens with zero attached hydrogens (tertiary/aromatic N) is 3. The first-order valence-corrected chi connectivity index (χ1v) is 5.68. The van der Waals surface area contributed by atoms with Crippen LogP contribution in [0.2, 0.25) is 0 Å². The predicted octanol–water partition coefficient (Wildman–Crippen LogP) is 1.56. The van der Waals surface area contributed by atoms with Gasteiger partial charge in [-0.2, -0.15) is 5.10 Å². The quantitative estimate of drug-likeness (QED) is 0.436. The Bertz CT molecular complexity index is 406. The number of carbonyl (C=O) groups is 1. The van der Waals surface area contributed by atoms with Gasteiger partial charge in [0.1, 0.15) is 0 Å². The number of carbonyl (C=O) groups excluding carboxylic acids is 1. The van der Waals surface area contributed by atoms with Crippen LogP contribution < -0.4 is 0 Å². The third kappa shape index (κ3) is 4.60. The smallest absolute Gasteiger partial charge is 0.234 e. The van der Waals surface area contributed by atoms with Crippen molar-refractivity contribution in [3.05, 3.63) is 35.3 Å². The SMILES string of the molecule is CCOCCC(=O)N([O-])N=C(C)c1ccncc1. The summed E-state index contributed by atoms with van der Waals surface area (Å²) in [6, 6.07) is 3.44. The van der Waals surface area contributed by atoms with Gasteiger partial charge in [-0.25, -0.2) is 0 Å². The molecule has 0 aliphatic rings. The molecule has 1 rings (SSSR count). The molecule has 0 aromatic carbocycles. The zero-order valence-corrected chi connectivity index (χ0v) is 10.5. The van der Waals surface area contributed by atoms with Gasteiger partial charge in [0.25, 0.3) is 0 Å². The molecule has 1 aromatic rings. The highest BCUT2D eigenvalue weighted by Gasteiger charge is 2.04. The number of rotatable bonds is 6. The second-order valence-electron chi connectivity index (χ2n) is 3.53. The maximum atomic E-state index is 11.4. The highest BCUT2D eigenvalue weighted by molar-refractivity contribution is 5.99. The lowest BCUT2D eigenvalue weighted by atomic mass is 10.2. The van der Waals surface area contributed by atoms with E-state index < -0.39 is 5.91 Å². The van der Waals surface area contributed by atoms with Crippen LogP contribution in [0.5, 0.6) is 0 Å². The van der Waals surface area contributed by atoms with Crippen LogP contribution in [0.25, 0.3) is 0 Å². The Labute approximate surface area is 106 Å². The van der Waals surface area contributed by atoms with Gasteiger partial charge in [0, 0.05) is 24.6 Å². The van der Waals surface area contributed by atoms with E-state index in [0.29, 0.717) is 12.3 Å². The normalized spacial score (nSPS) is 11.4. The topological polar surface area (TPSA) is 77.8 Å². The van der Waals surface area contributed by atoms with E-state index in [1.54, 1.807) is 31.5 Å². The molecule has 6 heteroatoms. The van der Waals surface area contributed by atoms with Gasteiger partial charge in [-0.15, -0.1) is 0 Å². The lowest BCUT2D eigenvalue weighted by molar-refractivity contribution is -0.129. The van der Waals surface area contributed by atoms with Crippen LogP contribution >= 0.6 is 0 Å². The second-order valence-corrected chi connectivity index (χ2v) is 3.53. The maximum absolute atomic E-state index is 11.4. The fraction of sp³-hybridized carbons (Fsp3) is 0.417. The van der Waals surface area contributed by atoms with E-state index >= 15 is 0 Å². The first kappa shape index (κ1) is 14.3. The summed E-state index contributed by atoms with van der Waals surface area (Å²) in [5, 5.41) is 15.2. The van der Waals surface area contributed by atoms with Crippen molar-refractivity contribution in [3.63, 3.8) is 0 Å². The molecule has 0 aliphatic carbocycles. The minimum absolute atomic E-state index is 0.0322. The summed E-state index contributed by atoms with van der Waals surface area (Å²) in [5.74, 6) is -0.614. The Hall–Kier alpha value is -1.79. The van der Waals surface area contributed by atoms with Gasteiger partial charge < -0.3 is 15.1 Å². The molecule has 1 aromatic heterocycles. The Morgan fingerprint density at radius 1 is 1.50 bits per heavy atom. The average Bonchev–Trinajstić information content (AvgIpc) is 2.39. The zero-order valence-electron chi connectivity index (χ0n) is 10.5. The highest BCUT2D eigenvalue weighted by atomic mass is 16.5. The third-order valence-corrected chi connectivity index (χ3v) is 2.22. The number of hydrogen-bond donors (Lipinski definition) is 0. The van der Waals surface area contributed by atoms with Gasteiger partial charge in [-0.05, 0) is 26.0 Å². The highest BCUT2D eigenvalue weighted by Crippen LogP contribution is 2.02. The van der Waals surface area contributed by atoms with Crippen LogP contribution in [-0.2, 0) is 9.53 Å². The van der Waals surface area contributed by atoms with Crippen molar-refractivity contribution in [2.75, 3.05) is 13.2 Å². The van der Waals surface area contributed by atoms with Crippen LogP contribution in [0.15, 0.2) is 29.6 Å². The summed E-state index contributed by atoms with van der Waals surface area (Å²) < 4.78 is 5.00. The number of ether oxygens (including phenoxy) is 1. The van der Waals surface area contributed by atoms with E-state index in [1.165, 1.54) is 0 Å². The summed E-state index contributed by atoms with van der Waals surface area (Å²) in [6.07, 6.45) is 3.23. The maximum Gasteiger partial charge on any atom is 0.234 e. The van der Waals surface area contributed by atoms with Crippen molar-refractivity contribution >= 4 is 11.6 Å². The fourth-order valence-corrected chi connectivity index (χ4v) is 1.24. The van der Waals surface area contributed by atoms with Gasteiger partial charge in [0.2, 0.25) is 5.91 Å². The molecule has 0 atom stereocenters. The van der Waals surface area contributed by atoms with Crippen LogP contribution in [0.3, 0.4) is 0 Å². The van der Waals surface area contributed by atoms with Crippen molar-refractivity contribution in [2.45, 2.75) is 20.3 Å². The molecule has 0 fully saturated rings. The van der Waals surface area contributed by atoms with Crippen LogP contribution in [-0.4, -0.2) is 35.0 Å². The molecular weight excluding hydrogens is 234 g/mol.